The Kier molecular flexibility index (Phi) is 4.80. The molecule has 0 spiro atoms. The highest BCUT2D eigenvalue weighted by Gasteiger charge is 2.46. The van der Waals surface area contributed by atoms with Gasteiger partial charge in [-0.15, -0.1) is 0 Å². The molecule has 148 valence electrons. The number of aromatic nitrogens is 3. The molecule has 3 aromatic heterocycles. The summed E-state index contributed by atoms with van der Waals surface area (Å²) in [5.74, 6) is -4.30. The van der Waals surface area contributed by atoms with Crippen LogP contribution in [0.25, 0.3) is 16.8 Å². The number of nitrogens with zero attached hydrogens (tertiary/aromatic N) is 3. The zero-order valence-electron chi connectivity index (χ0n) is 14.3. The van der Waals surface area contributed by atoms with Crippen LogP contribution in [0.1, 0.15) is 29.1 Å². The van der Waals surface area contributed by atoms with Crippen molar-refractivity contribution in [3.05, 3.63) is 39.7 Å². The zero-order valence-corrected chi connectivity index (χ0v) is 15.9. The van der Waals surface area contributed by atoms with E-state index < -0.39 is 29.7 Å². The summed E-state index contributed by atoms with van der Waals surface area (Å²) in [5.41, 5.74) is 7.11. The number of hydrogen-bond acceptors (Lipinski definition) is 5. The molecule has 0 bridgehead atoms. The predicted molar refractivity (Wildman–Crippen MR) is 99.3 cm³/mol. The van der Waals surface area contributed by atoms with E-state index >= 15 is 0 Å². The van der Waals surface area contributed by atoms with Gasteiger partial charge < -0.3 is 11.1 Å². The van der Waals surface area contributed by atoms with Crippen molar-refractivity contribution in [3.8, 4) is 11.3 Å². The van der Waals surface area contributed by atoms with E-state index in [1.165, 1.54) is 29.0 Å². The lowest BCUT2D eigenvalue weighted by Crippen LogP contribution is -2.59. The molecule has 3 aromatic rings. The molecule has 28 heavy (non-hydrogen) atoms. The monoisotopic (exact) mass is 429 g/mol. The van der Waals surface area contributed by atoms with Crippen LogP contribution in [0.4, 0.5) is 13.2 Å². The normalized spacial score (nSPS) is 21.8. The van der Waals surface area contributed by atoms with Gasteiger partial charge in [0.25, 0.3) is 11.8 Å². The Balaban J connectivity index is 1.63. The fourth-order valence-electron chi connectivity index (χ4n) is 3.33. The first kappa shape index (κ1) is 19.2. The third-order valence-electron chi connectivity index (χ3n) is 4.73. The van der Waals surface area contributed by atoms with Crippen molar-refractivity contribution >= 4 is 34.4 Å². The molecule has 1 aliphatic carbocycles. The molecular weight excluding hydrogens is 415 g/mol. The summed E-state index contributed by atoms with van der Waals surface area (Å²) in [6.45, 7) is 0. The van der Waals surface area contributed by atoms with Crippen LogP contribution in [-0.2, 0) is 0 Å². The predicted octanol–water partition coefficient (Wildman–Crippen LogP) is 3.50. The van der Waals surface area contributed by atoms with Crippen molar-refractivity contribution in [2.45, 2.75) is 37.3 Å². The second kappa shape index (κ2) is 7.02. The molecule has 0 unspecified atom stereocenters. The summed E-state index contributed by atoms with van der Waals surface area (Å²) in [6.07, 6.45) is 3.03. The van der Waals surface area contributed by atoms with E-state index in [4.69, 9.17) is 17.3 Å². The molecule has 0 saturated heterocycles. The van der Waals surface area contributed by atoms with E-state index in [9.17, 15) is 18.0 Å². The number of nitrogens with one attached hydrogen (secondary N) is 1. The van der Waals surface area contributed by atoms with Crippen molar-refractivity contribution in [1.82, 2.24) is 19.9 Å². The van der Waals surface area contributed by atoms with Crippen molar-refractivity contribution in [3.63, 3.8) is 0 Å². The van der Waals surface area contributed by atoms with Gasteiger partial charge in [0.1, 0.15) is 21.9 Å². The number of halogens is 4. The van der Waals surface area contributed by atoms with E-state index in [2.05, 4.69) is 15.4 Å². The van der Waals surface area contributed by atoms with E-state index in [0.29, 0.717) is 23.9 Å². The third kappa shape index (κ3) is 3.36. The number of alkyl halides is 2. The highest BCUT2D eigenvalue weighted by atomic mass is 35.5. The summed E-state index contributed by atoms with van der Waals surface area (Å²) in [4.78, 5) is 16.7. The standard InChI is InChI=1S/C17H15ClF3N5OS/c18-14-12(9-6-23-26-7-8(19)3-4-11(9)26)24-16(28-14)15(27)25-13-10(22)2-1-5-17(13,20)21/h3-4,6-7,10,13H,1-2,5,22H2,(H,25,27)/t10-,13-/m1/s1. The summed E-state index contributed by atoms with van der Waals surface area (Å²) in [6, 6.07) is 0.479. The lowest BCUT2D eigenvalue weighted by Gasteiger charge is -2.36. The van der Waals surface area contributed by atoms with Gasteiger partial charge in [-0.1, -0.05) is 22.9 Å². The lowest BCUT2D eigenvalue weighted by molar-refractivity contribution is -0.0674. The van der Waals surface area contributed by atoms with Crippen molar-refractivity contribution < 1.29 is 18.0 Å². The zero-order chi connectivity index (χ0) is 20.1. The maximum atomic E-state index is 14.1. The van der Waals surface area contributed by atoms with Gasteiger partial charge in [-0.05, 0) is 25.0 Å². The fraction of sp³-hybridized carbons (Fsp3) is 0.353. The Hall–Kier alpha value is -2.17. The van der Waals surface area contributed by atoms with Crippen LogP contribution in [0.2, 0.25) is 4.34 Å². The summed E-state index contributed by atoms with van der Waals surface area (Å²) < 4.78 is 43.1. The van der Waals surface area contributed by atoms with Crippen LogP contribution >= 0.6 is 22.9 Å². The Labute approximate surface area is 166 Å². The highest BCUT2D eigenvalue weighted by Crippen LogP contribution is 2.36. The molecule has 1 saturated carbocycles. The van der Waals surface area contributed by atoms with Crippen LogP contribution in [0.5, 0.6) is 0 Å². The Morgan fingerprint density at radius 1 is 1.43 bits per heavy atom. The number of hydrogen-bond donors (Lipinski definition) is 2. The molecule has 2 atom stereocenters. The van der Waals surface area contributed by atoms with Gasteiger partial charge >= 0.3 is 0 Å². The third-order valence-corrected chi connectivity index (χ3v) is 5.99. The number of rotatable bonds is 3. The Bertz CT molecular complexity index is 1050. The lowest BCUT2D eigenvalue weighted by atomic mass is 9.87. The Morgan fingerprint density at radius 3 is 2.96 bits per heavy atom. The molecule has 4 rings (SSSR count). The molecule has 6 nitrogen and oxygen atoms in total. The molecule has 3 heterocycles. The van der Waals surface area contributed by atoms with Gasteiger partial charge in [-0.2, -0.15) is 5.10 Å². The number of pyridine rings is 1. The minimum atomic E-state index is -3.08. The highest BCUT2D eigenvalue weighted by molar-refractivity contribution is 7.18. The maximum absolute atomic E-state index is 14.1. The fourth-order valence-corrected chi connectivity index (χ4v) is 4.40. The van der Waals surface area contributed by atoms with Crippen LogP contribution in [0.3, 0.4) is 0 Å². The summed E-state index contributed by atoms with van der Waals surface area (Å²) in [5, 5.41) is 6.29. The number of fused-ring (bicyclic) bond motifs is 1. The number of carbonyl (C=O) groups is 1. The number of nitrogens with two attached hydrogens (primary N) is 1. The van der Waals surface area contributed by atoms with Crippen LogP contribution in [0, 0.1) is 5.82 Å². The van der Waals surface area contributed by atoms with E-state index in [1.807, 2.05) is 0 Å². The first-order chi connectivity index (χ1) is 13.3. The number of carbonyl (C=O) groups excluding carboxylic acids is 1. The van der Waals surface area contributed by atoms with Gasteiger partial charge in [-0.25, -0.2) is 22.7 Å². The van der Waals surface area contributed by atoms with Gasteiger partial charge in [0.15, 0.2) is 5.01 Å². The average molecular weight is 430 g/mol. The quantitative estimate of drug-likeness (QED) is 0.667. The van der Waals surface area contributed by atoms with E-state index in [1.54, 1.807) is 0 Å². The van der Waals surface area contributed by atoms with Crippen molar-refractivity contribution in [2.24, 2.45) is 5.73 Å². The first-order valence-electron chi connectivity index (χ1n) is 8.50. The maximum Gasteiger partial charge on any atom is 0.280 e. The summed E-state index contributed by atoms with van der Waals surface area (Å²) >= 11 is 7.10. The molecule has 0 aliphatic heterocycles. The van der Waals surface area contributed by atoms with E-state index in [-0.39, 0.29) is 21.5 Å². The largest absolute Gasteiger partial charge is 0.340 e. The van der Waals surface area contributed by atoms with Gasteiger partial charge in [0, 0.05) is 18.0 Å². The molecule has 11 heteroatoms. The molecule has 1 aliphatic rings. The molecular formula is C17H15ClF3N5OS. The SMILES string of the molecule is N[C@@H]1CCCC(F)(F)[C@@H]1NC(=O)c1nc(-c2cnn3cc(F)ccc23)c(Cl)s1. The van der Waals surface area contributed by atoms with Gasteiger partial charge in [0.05, 0.1) is 17.9 Å². The van der Waals surface area contributed by atoms with Gasteiger partial charge in [-0.3, -0.25) is 4.79 Å². The molecule has 0 aromatic carbocycles. The minimum absolute atomic E-state index is 0.0602. The van der Waals surface area contributed by atoms with Crippen LogP contribution in [0.15, 0.2) is 24.5 Å². The second-order valence-electron chi connectivity index (χ2n) is 6.64. The molecule has 0 radical (unpaired) electrons. The topological polar surface area (TPSA) is 85.3 Å². The van der Waals surface area contributed by atoms with Crippen molar-refractivity contribution in [1.29, 1.82) is 0 Å². The smallest absolute Gasteiger partial charge is 0.280 e. The number of amides is 1. The van der Waals surface area contributed by atoms with Crippen LogP contribution < -0.4 is 11.1 Å². The second-order valence-corrected chi connectivity index (χ2v) is 8.25. The number of thiazole rings is 1. The minimum Gasteiger partial charge on any atom is -0.340 e. The van der Waals surface area contributed by atoms with Crippen LogP contribution in [-0.4, -0.2) is 38.5 Å². The first-order valence-corrected chi connectivity index (χ1v) is 9.69. The van der Waals surface area contributed by atoms with E-state index in [0.717, 1.165) is 11.3 Å². The molecule has 1 fully saturated rings. The molecule has 3 N–H and O–H groups in total. The van der Waals surface area contributed by atoms with Gasteiger partial charge in [0.2, 0.25) is 0 Å². The summed E-state index contributed by atoms with van der Waals surface area (Å²) in [7, 11) is 0. The average Bonchev–Trinajstić information content (AvgIpc) is 3.20. The molecule has 1 amide bonds. The Morgan fingerprint density at radius 2 is 2.21 bits per heavy atom. The van der Waals surface area contributed by atoms with Crippen molar-refractivity contribution in [2.75, 3.05) is 0 Å².